The molecule has 1 aliphatic heterocycles. The molecular weight excluding hydrogens is 423 g/mol. The summed E-state index contributed by atoms with van der Waals surface area (Å²) in [5.41, 5.74) is 0.794. The van der Waals surface area contributed by atoms with Crippen molar-refractivity contribution >= 4 is 38.1 Å². The fourth-order valence-electron chi connectivity index (χ4n) is 3.67. The fraction of sp³-hybridized carbons (Fsp3) is 0.100. The minimum Gasteiger partial charge on any atom is -0.324 e. The topological polar surface area (TPSA) is 110 Å². The van der Waals surface area contributed by atoms with Gasteiger partial charge < -0.3 is 5.32 Å². The lowest BCUT2D eigenvalue weighted by molar-refractivity contribution is -0.114. The number of aryl methyl sites for hydroxylation is 1. The average Bonchev–Trinajstić information content (AvgIpc) is 3.26. The third-order valence-electron chi connectivity index (χ3n) is 5.05. The maximum atomic E-state index is 14.2. The van der Waals surface area contributed by atoms with E-state index >= 15 is 0 Å². The number of aromatic nitrogens is 4. The van der Waals surface area contributed by atoms with E-state index in [1.807, 2.05) is 12.1 Å². The Hall–Kier alpha value is -3.86. The van der Waals surface area contributed by atoms with Crippen molar-refractivity contribution in [2.75, 3.05) is 16.2 Å². The number of amides is 1. The van der Waals surface area contributed by atoms with Gasteiger partial charge in [0.25, 0.3) is 10.0 Å². The van der Waals surface area contributed by atoms with Gasteiger partial charge in [-0.05, 0) is 53.1 Å². The maximum Gasteiger partial charge on any atom is 0.265 e. The molecule has 1 N–H and O–H groups in total. The van der Waals surface area contributed by atoms with Crippen LogP contribution in [0.1, 0.15) is 5.82 Å². The Morgan fingerprint density at radius 3 is 2.61 bits per heavy atom. The molecule has 2 heterocycles. The van der Waals surface area contributed by atoms with Crippen molar-refractivity contribution in [1.29, 1.82) is 0 Å². The summed E-state index contributed by atoms with van der Waals surface area (Å²) in [7, 11) is -3.86. The highest BCUT2D eigenvalue weighted by Gasteiger charge is 2.36. The standard InChI is InChI=1S/C20H15FN6O3S/c1-12-23-24-25-27(12)17-10-14(8-9-15(17)21)22-19(28)11-26-16-6-2-4-13-5-3-7-18(20(13)16)31(26,29)30/h2-10H,11H2,1H3,(H,22,28). The van der Waals surface area contributed by atoms with Gasteiger partial charge in [-0.1, -0.05) is 24.3 Å². The normalized spacial score (nSPS) is 14.2. The first-order valence-electron chi connectivity index (χ1n) is 9.25. The zero-order valence-corrected chi connectivity index (χ0v) is 17.0. The van der Waals surface area contributed by atoms with Crippen LogP contribution in [0.2, 0.25) is 0 Å². The van der Waals surface area contributed by atoms with Gasteiger partial charge in [0.2, 0.25) is 5.91 Å². The predicted octanol–water partition coefficient (Wildman–Crippen LogP) is 2.41. The predicted molar refractivity (Wildman–Crippen MR) is 111 cm³/mol. The molecule has 0 aliphatic carbocycles. The van der Waals surface area contributed by atoms with Crippen LogP contribution in [0.25, 0.3) is 16.5 Å². The van der Waals surface area contributed by atoms with E-state index in [1.54, 1.807) is 25.1 Å². The molecule has 0 saturated heterocycles. The van der Waals surface area contributed by atoms with Crippen LogP contribution in [0.15, 0.2) is 59.5 Å². The van der Waals surface area contributed by atoms with Crippen LogP contribution in [0.4, 0.5) is 15.8 Å². The summed E-state index contributed by atoms with van der Waals surface area (Å²) in [4.78, 5) is 12.9. The number of tetrazole rings is 1. The first-order chi connectivity index (χ1) is 14.9. The summed E-state index contributed by atoms with van der Waals surface area (Å²) in [6.45, 7) is 1.19. The van der Waals surface area contributed by atoms with Gasteiger partial charge in [-0.2, -0.15) is 4.68 Å². The first kappa shape index (κ1) is 19.1. The lowest BCUT2D eigenvalue weighted by Crippen LogP contribution is -2.35. The minimum atomic E-state index is -3.86. The van der Waals surface area contributed by atoms with Crippen molar-refractivity contribution in [3.63, 3.8) is 0 Å². The number of rotatable bonds is 4. The summed E-state index contributed by atoms with van der Waals surface area (Å²) >= 11 is 0. The second-order valence-electron chi connectivity index (χ2n) is 7.00. The molecule has 0 atom stereocenters. The van der Waals surface area contributed by atoms with E-state index in [0.29, 0.717) is 16.9 Å². The van der Waals surface area contributed by atoms with Crippen molar-refractivity contribution in [2.45, 2.75) is 11.8 Å². The van der Waals surface area contributed by atoms with E-state index in [2.05, 4.69) is 20.8 Å². The summed E-state index contributed by atoms with van der Waals surface area (Å²) in [6, 6.07) is 14.2. The second-order valence-corrected chi connectivity index (χ2v) is 8.83. The van der Waals surface area contributed by atoms with Crippen molar-refractivity contribution in [2.24, 2.45) is 0 Å². The molecule has 0 fully saturated rings. The van der Waals surface area contributed by atoms with Crippen molar-refractivity contribution in [3.05, 3.63) is 66.2 Å². The van der Waals surface area contributed by atoms with E-state index in [4.69, 9.17) is 0 Å². The van der Waals surface area contributed by atoms with Crippen molar-refractivity contribution < 1.29 is 17.6 Å². The van der Waals surface area contributed by atoms with Gasteiger partial charge in [-0.15, -0.1) is 5.10 Å². The second kappa shape index (κ2) is 6.84. The lowest BCUT2D eigenvalue weighted by Gasteiger charge is -2.18. The van der Waals surface area contributed by atoms with Gasteiger partial charge in [-0.3, -0.25) is 9.10 Å². The van der Waals surface area contributed by atoms with E-state index in [1.165, 1.54) is 28.9 Å². The quantitative estimate of drug-likeness (QED) is 0.524. The maximum absolute atomic E-state index is 14.2. The highest BCUT2D eigenvalue weighted by Crippen LogP contribution is 2.41. The number of hydrogen-bond acceptors (Lipinski definition) is 6. The molecule has 9 nitrogen and oxygen atoms in total. The molecule has 0 spiro atoms. The average molecular weight is 438 g/mol. The molecule has 0 unspecified atom stereocenters. The molecule has 3 aromatic carbocycles. The van der Waals surface area contributed by atoms with Crippen LogP contribution in [0, 0.1) is 12.7 Å². The summed E-state index contributed by atoms with van der Waals surface area (Å²) in [6.07, 6.45) is 0. The van der Waals surface area contributed by atoms with E-state index in [0.717, 1.165) is 9.69 Å². The van der Waals surface area contributed by atoms with E-state index < -0.39 is 28.3 Å². The van der Waals surface area contributed by atoms with Gasteiger partial charge in [0.1, 0.15) is 18.0 Å². The van der Waals surface area contributed by atoms with Crippen LogP contribution in [0.5, 0.6) is 0 Å². The zero-order chi connectivity index (χ0) is 21.8. The molecule has 1 aliphatic rings. The molecule has 5 rings (SSSR count). The Bertz CT molecular complexity index is 1460. The first-order valence-corrected chi connectivity index (χ1v) is 10.7. The number of nitrogens with one attached hydrogen (secondary N) is 1. The molecule has 1 aromatic heterocycles. The minimum absolute atomic E-state index is 0.0614. The molecule has 11 heteroatoms. The number of carbonyl (C=O) groups excluding carboxylic acids is 1. The lowest BCUT2D eigenvalue weighted by atomic mass is 10.1. The van der Waals surface area contributed by atoms with Crippen molar-refractivity contribution in [1.82, 2.24) is 20.2 Å². The van der Waals surface area contributed by atoms with Gasteiger partial charge in [0.05, 0.1) is 10.6 Å². The van der Waals surface area contributed by atoms with Gasteiger partial charge in [0, 0.05) is 11.1 Å². The van der Waals surface area contributed by atoms with Crippen LogP contribution in [0.3, 0.4) is 0 Å². The van der Waals surface area contributed by atoms with E-state index in [-0.39, 0.29) is 16.3 Å². The Morgan fingerprint density at radius 1 is 1.10 bits per heavy atom. The van der Waals surface area contributed by atoms with Gasteiger partial charge in [-0.25, -0.2) is 12.8 Å². The monoisotopic (exact) mass is 438 g/mol. The van der Waals surface area contributed by atoms with E-state index in [9.17, 15) is 17.6 Å². The van der Waals surface area contributed by atoms with Crippen LogP contribution >= 0.6 is 0 Å². The number of sulfonamides is 1. The Kier molecular flexibility index (Phi) is 4.22. The Balaban J connectivity index is 1.44. The summed E-state index contributed by atoms with van der Waals surface area (Å²) < 4.78 is 42.6. The molecule has 31 heavy (non-hydrogen) atoms. The molecular formula is C20H15FN6O3S. The smallest absolute Gasteiger partial charge is 0.265 e. The highest BCUT2D eigenvalue weighted by atomic mass is 32.2. The summed E-state index contributed by atoms with van der Waals surface area (Å²) in [5, 5.41) is 14.9. The molecule has 0 radical (unpaired) electrons. The third kappa shape index (κ3) is 3.01. The fourth-order valence-corrected chi connectivity index (χ4v) is 5.33. The number of hydrogen-bond donors (Lipinski definition) is 1. The number of halogens is 1. The summed E-state index contributed by atoms with van der Waals surface area (Å²) in [5.74, 6) is -0.770. The molecule has 156 valence electrons. The molecule has 4 aromatic rings. The number of carbonyl (C=O) groups is 1. The SMILES string of the molecule is Cc1nnnn1-c1cc(NC(=O)CN2c3cccc4cccc(c34)S2(=O)=O)ccc1F. The van der Waals surface area contributed by atoms with Gasteiger partial charge in [0.15, 0.2) is 5.82 Å². The number of nitrogens with zero attached hydrogens (tertiary/aromatic N) is 5. The van der Waals surface area contributed by atoms with Crippen LogP contribution in [-0.4, -0.2) is 41.1 Å². The molecule has 0 saturated carbocycles. The Labute approximate surface area is 176 Å². The Morgan fingerprint density at radius 2 is 1.87 bits per heavy atom. The third-order valence-corrected chi connectivity index (χ3v) is 6.85. The van der Waals surface area contributed by atoms with Crippen molar-refractivity contribution in [3.8, 4) is 5.69 Å². The van der Waals surface area contributed by atoms with Crippen LogP contribution < -0.4 is 9.62 Å². The molecule has 1 amide bonds. The molecule has 0 bridgehead atoms. The van der Waals surface area contributed by atoms with Crippen LogP contribution in [-0.2, 0) is 14.8 Å². The largest absolute Gasteiger partial charge is 0.324 e. The number of anilines is 2. The number of benzene rings is 3. The highest BCUT2D eigenvalue weighted by molar-refractivity contribution is 7.93. The zero-order valence-electron chi connectivity index (χ0n) is 16.2. The van der Waals surface area contributed by atoms with Gasteiger partial charge >= 0.3 is 0 Å².